The zero-order valence-electron chi connectivity index (χ0n) is 12.0. The number of para-hydroxylation sites is 1. The van der Waals surface area contributed by atoms with Gasteiger partial charge in [0.1, 0.15) is 0 Å². The van der Waals surface area contributed by atoms with Crippen molar-refractivity contribution in [3.05, 3.63) is 30.1 Å². The predicted octanol–water partition coefficient (Wildman–Crippen LogP) is 2.35. The van der Waals surface area contributed by atoms with Crippen molar-refractivity contribution >= 4 is 11.9 Å². The van der Waals surface area contributed by atoms with Gasteiger partial charge in [-0.1, -0.05) is 12.1 Å². The topological polar surface area (TPSA) is 75.6 Å². The summed E-state index contributed by atoms with van der Waals surface area (Å²) in [4.78, 5) is 22.0. The molecule has 116 valence electrons. The van der Waals surface area contributed by atoms with Gasteiger partial charge in [-0.05, 0) is 31.9 Å². The number of hydrogen-bond acceptors (Lipinski definition) is 3. The van der Waals surface area contributed by atoms with Gasteiger partial charge in [0.25, 0.3) is 0 Å². The number of carbonyl (C=O) groups is 2. The summed E-state index contributed by atoms with van der Waals surface area (Å²) in [7, 11) is 0. The summed E-state index contributed by atoms with van der Waals surface area (Å²) in [5.41, 5.74) is 0. The highest BCUT2D eigenvalue weighted by Gasteiger charge is 2.09. The Balaban J connectivity index is 2.16. The molecular formula is C15H20FNO4. The molecule has 0 aliphatic carbocycles. The average Bonchev–Trinajstić information content (AvgIpc) is 2.43. The van der Waals surface area contributed by atoms with Gasteiger partial charge in [-0.2, -0.15) is 0 Å². The minimum Gasteiger partial charge on any atom is -0.491 e. The van der Waals surface area contributed by atoms with Crippen molar-refractivity contribution in [2.24, 2.45) is 0 Å². The van der Waals surface area contributed by atoms with Crippen LogP contribution >= 0.6 is 0 Å². The Kier molecular flexibility index (Phi) is 7.21. The molecule has 1 aromatic rings. The summed E-state index contributed by atoms with van der Waals surface area (Å²) >= 11 is 0. The largest absolute Gasteiger partial charge is 0.491 e. The van der Waals surface area contributed by atoms with E-state index >= 15 is 0 Å². The normalized spacial score (nSPS) is 11.7. The molecule has 5 nitrogen and oxygen atoms in total. The van der Waals surface area contributed by atoms with Crippen LogP contribution in [0, 0.1) is 5.82 Å². The Labute approximate surface area is 123 Å². The van der Waals surface area contributed by atoms with Crippen molar-refractivity contribution in [2.75, 3.05) is 6.61 Å². The third-order valence-corrected chi connectivity index (χ3v) is 2.84. The van der Waals surface area contributed by atoms with Gasteiger partial charge in [-0.3, -0.25) is 9.59 Å². The van der Waals surface area contributed by atoms with Crippen LogP contribution < -0.4 is 10.1 Å². The molecule has 1 aromatic carbocycles. The molecule has 1 unspecified atom stereocenters. The molecule has 1 rings (SSSR count). The molecule has 0 aliphatic heterocycles. The standard InChI is InChI=1S/C15H20FNO4/c1-11(8-9-15(19)20)17-14(18)7-4-10-21-13-6-3-2-5-12(13)16/h2-3,5-6,11H,4,7-10H2,1H3,(H,17,18)(H,19,20). The van der Waals surface area contributed by atoms with Crippen molar-refractivity contribution in [1.29, 1.82) is 0 Å². The number of halogens is 1. The molecule has 0 saturated heterocycles. The van der Waals surface area contributed by atoms with Crippen molar-refractivity contribution < 1.29 is 23.8 Å². The van der Waals surface area contributed by atoms with E-state index in [0.29, 0.717) is 12.8 Å². The van der Waals surface area contributed by atoms with E-state index in [4.69, 9.17) is 9.84 Å². The first-order chi connectivity index (χ1) is 9.99. The maximum Gasteiger partial charge on any atom is 0.303 e. The maximum atomic E-state index is 13.2. The van der Waals surface area contributed by atoms with E-state index in [1.54, 1.807) is 19.1 Å². The smallest absolute Gasteiger partial charge is 0.303 e. The summed E-state index contributed by atoms with van der Waals surface area (Å²) in [5.74, 6) is -1.30. The lowest BCUT2D eigenvalue weighted by atomic mass is 10.2. The number of benzene rings is 1. The fourth-order valence-corrected chi connectivity index (χ4v) is 1.74. The van der Waals surface area contributed by atoms with Gasteiger partial charge in [-0.15, -0.1) is 0 Å². The summed E-state index contributed by atoms with van der Waals surface area (Å²) in [6.45, 7) is 2.01. The van der Waals surface area contributed by atoms with Crippen LogP contribution in [0.3, 0.4) is 0 Å². The van der Waals surface area contributed by atoms with E-state index in [0.717, 1.165) is 0 Å². The van der Waals surface area contributed by atoms with E-state index in [-0.39, 0.29) is 37.1 Å². The van der Waals surface area contributed by atoms with Crippen LogP contribution in [-0.4, -0.2) is 29.6 Å². The van der Waals surface area contributed by atoms with Crippen LogP contribution in [0.5, 0.6) is 5.75 Å². The molecule has 0 heterocycles. The van der Waals surface area contributed by atoms with Gasteiger partial charge < -0.3 is 15.2 Å². The van der Waals surface area contributed by atoms with Crippen LogP contribution in [-0.2, 0) is 9.59 Å². The molecule has 0 radical (unpaired) electrons. The minimum atomic E-state index is -0.880. The number of ether oxygens (including phenoxy) is 1. The van der Waals surface area contributed by atoms with E-state index in [2.05, 4.69) is 5.32 Å². The second kappa shape index (κ2) is 8.94. The highest BCUT2D eigenvalue weighted by Crippen LogP contribution is 2.15. The Hall–Kier alpha value is -2.11. The van der Waals surface area contributed by atoms with Crippen LogP contribution in [0.25, 0.3) is 0 Å². The quantitative estimate of drug-likeness (QED) is 0.686. The predicted molar refractivity (Wildman–Crippen MR) is 75.6 cm³/mol. The molecule has 21 heavy (non-hydrogen) atoms. The molecule has 0 bridgehead atoms. The van der Waals surface area contributed by atoms with Crippen LogP contribution in [0.2, 0.25) is 0 Å². The monoisotopic (exact) mass is 297 g/mol. The second-order valence-electron chi connectivity index (χ2n) is 4.78. The third kappa shape index (κ3) is 7.29. The lowest BCUT2D eigenvalue weighted by molar-refractivity contribution is -0.137. The highest BCUT2D eigenvalue weighted by molar-refractivity contribution is 5.76. The summed E-state index contributed by atoms with van der Waals surface area (Å²) in [6, 6.07) is 5.92. The van der Waals surface area contributed by atoms with E-state index in [1.165, 1.54) is 12.1 Å². The Bertz CT molecular complexity index is 478. The number of aliphatic carboxylic acids is 1. The van der Waals surface area contributed by atoms with Gasteiger partial charge in [0.2, 0.25) is 5.91 Å². The molecule has 2 N–H and O–H groups in total. The Morgan fingerprint density at radius 1 is 1.33 bits per heavy atom. The van der Waals surface area contributed by atoms with Crippen molar-refractivity contribution in [3.63, 3.8) is 0 Å². The fraction of sp³-hybridized carbons (Fsp3) is 0.467. The van der Waals surface area contributed by atoms with Crippen molar-refractivity contribution in [3.8, 4) is 5.75 Å². The number of carbonyl (C=O) groups excluding carboxylic acids is 1. The molecule has 0 fully saturated rings. The lowest BCUT2D eigenvalue weighted by Crippen LogP contribution is -2.32. The number of hydrogen-bond donors (Lipinski definition) is 2. The molecule has 1 atom stereocenters. The number of carboxylic acid groups (broad SMARTS) is 1. The van der Waals surface area contributed by atoms with Gasteiger partial charge in [0, 0.05) is 18.9 Å². The molecular weight excluding hydrogens is 277 g/mol. The zero-order valence-corrected chi connectivity index (χ0v) is 12.0. The number of nitrogens with one attached hydrogen (secondary N) is 1. The van der Waals surface area contributed by atoms with Crippen LogP contribution in [0.15, 0.2) is 24.3 Å². The molecule has 6 heteroatoms. The number of amides is 1. The third-order valence-electron chi connectivity index (χ3n) is 2.84. The van der Waals surface area contributed by atoms with E-state index in [9.17, 15) is 14.0 Å². The maximum absolute atomic E-state index is 13.2. The van der Waals surface area contributed by atoms with Crippen LogP contribution in [0.1, 0.15) is 32.6 Å². The SMILES string of the molecule is CC(CCC(=O)O)NC(=O)CCCOc1ccccc1F. The first-order valence-corrected chi connectivity index (χ1v) is 6.87. The van der Waals surface area contributed by atoms with Crippen molar-refractivity contribution in [1.82, 2.24) is 5.32 Å². The Morgan fingerprint density at radius 2 is 2.05 bits per heavy atom. The van der Waals surface area contributed by atoms with Gasteiger partial charge in [-0.25, -0.2) is 4.39 Å². The molecule has 0 aliphatic rings. The summed E-state index contributed by atoms with van der Waals surface area (Å²) in [6.07, 6.45) is 1.14. The second-order valence-corrected chi connectivity index (χ2v) is 4.78. The first-order valence-electron chi connectivity index (χ1n) is 6.87. The summed E-state index contributed by atoms with van der Waals surface area (Å²) < 4.78 is 18.5. The van der Waals surface area contributed by atoms with E-state index in [1.807, 2.05) is 0 Å². The first kappa shape index (κ1) is 16.9. The lowest BCUT2D eigenvalue weighted by Gasteiger charge is -2.12. The average molecular weight is 297 g/mol. The van der Waals surface area contributed by atoms with Crippen molar-refractivity contribution in [2.45, 2.75) is 38.6 Å². The van der Waals surface area contributed by atoms with Crippen LogP contribution in [0.4, 0.5) is 4.39 Å². The van der Waals surface area contributed by atoms with Gasteiger partial charge >= 0.3 is 5.97 Å². The zero-order chi connectivity index (χ0) is 15.7. The Morgan fingerprint density at radius 3 is 2.71 bits per heavy atom. The summed E-state index contributed by atoms with van der Waals surface area (Å²) in [5, 5.41) is 11.3. The van der Waals surface area contributed by atoms with E-state index < -0.39 is 11.8 Å². The molecule has 0 saturated carbocycles. The van der Waals surface area contributed by atoms with Gasteiger partial charge in [0.15, 0.2) is 11.6 Å². The number of rotatable bonds is 9. The number of carboxylic acids is 1. The minimum absolute atomic E-state index is 0.0256. The highest BCUT2D eigenvalue weighted by atomic mass is 19.1. The molecule has 1 amide bonds. The molecule has 0 spiro atoms. The van der Waals surface area contributed by atoms with Gasteiger partial charge in [0.05, 0.1) is 6.61 Å². The fourth-order valence-electron chi connectivity index (χ4n) is 1.74. The molecule has 0 aromatic heterocycles.